The highest BCUT2D eigenvalue weighted by Gasteiger charge is 2.01. The predicted octanol–water partition coefficient (Wildman–Crippen LogP) is 4.17. The van der Waals surface area contributed by atoms with Crippen LogP contribution in [0, 0.1) is 6.92 Å². The molecule has 0 atom stereocenters. The topological polar surface area (TPSA) is 67.6 Å². The molecule has 0 spiro atoms. The number of rotatable bonds is 2. The minimum atomic E-state index is 0.428. The summed E-state index contributed by atoms with van der Waals surface area (Å²) in [6, 6.07) is 12.2. The van der Waals surface area contributed by atoms with Crippen LogP contribution < -0.4 is 16.7 Å². The number of aryl methyl sites for hydroxylation is 1. The fraction of sp³-hybridized carbons (Fsp3) is 0.353. The van der Waals surface area contributed by atoms with Gasteiger partial charge in [0.1, 0.15) is 5.84 Å². The zero-order chi connectivity index (χ0) is 16.4. The molecule has 4 heteroatoms. The van der Waals surface area contributed by atoms with Gasteiger partial charge in [-0.2, -0.15) is 5.12 Å². The Hall–Kier alpha value is -2.07. The Bertz CT molecular complexity index is 572. The van der Waals surface area contributed by atoms with Gasteiger partial charge in [0.25, 0.3) is 0 Å². The molecular weight excluding hydrogens is 260 g/mol. The van der Waals surface area contributed by atoms with Crippen LogP contribution in [0.1, 0.15) is 40.2 Å². The maximum Gasteiger partial charge on any atom is 0.118 e. The molecule has 0 saturated carbocycles. The van der Waals surface area contributed by atoms with Crippen molar-refractivity contribution < 1.29 is 0 Å². The Morgan fingerprint density at radius 3 is 2.10 bits per heavy atom. The van der Waals surface area contributed by atoms with Gasteiger partial charge in [-0.05, 0) is 36.8 Å². The first-order valence-electron chi connectivity index (χ1n) is 7.42. The van der Waals surface area contributed by atoms with Crippen LogP contribution in [0.5, 0.6) is 0 Å². The molecule has 0 amide bonds. The van der Waals surface area contributed by atoms with Crippen molar-refractivity contribution >= 4 is 22.3 Å². The molecule has 0 bridgehead atoms. The Morgan fingerprint density at radius 2 is 1.52 bits per heavy atom. The Morgan fingerprint density at radius 1 is 0.952 bits per heavy atom. The van der Waals surface area contributed by atoms with E-state index in [2.05, 4.69) is 30.2 Å². The van der Waals surface area contributed by atoms with Gasteiger partial charge in [-0.25, -0.2) is 5.84 Å². The van der Waals surface area contributed by atoms with Gasteiger partial charge in [0, 0.05) is 0 Å². The fourth-order valence-electron chi connectivity index (χ4n) is 1.72. The van der Waals surface area contributed by atoms with Crippen molar-refractivity contribution in [1.29, 1.82) is 0 Å². The minimum Gasteiger partial charge on any atom is -0.386 e. The minimum absolute atomic E-state index is 0.428. The lowest BCUT2D eigenvalue weighted by Crippen LogP contribution is -2.27. The zero-order valence-electron chi connectivity index (χ0n) is 14.0. The normalized spacial score (nSPS) is 10.1. The number of hydrogen-bond donors (Lipinski definition) is 2. The number of hydrogen-bond acceptors (Lipinski definition) is 3. The number of benzene rings is 2. The lowest BCUT2D eigenvalue weighted by Gasteiger charge is -2.13. The molecule has 0 unspecified atom stereocenters. The third kappa shape index (κ3) is 5.83. The number of hydrazone groups is 1. The van der Waals surface area contributed by atoms with Crippen molar-refractivity contribution in [3.63, 3.8) is 0 Å². The van der Waals surface area contributed by atoms with E-state index in [4.69, 9.17) is 11.6 Å². The van der Waals surface area contributed by atoms with Crippen LogP contribution in [-0.2, 0) is 0 Å². The Kier molecular flexibility index (Phi) is 8.81. The first-order valence-corrected chi connectivity index (χ1v) is 7.42. The summed E-state index contributed by atoms with van der Waals surface area (Å²) in [7, 11) is 0. The summed E-state index contributed by atoms with van der Waals surface area (Å²) in [6.07, 6.45) is 0. The van der Waals surface area contributed by atoms with Crippen LogP contribution in [-0.4, -0.2) is 5.84 Å². The van der Waals surface area contributed by atoms with Crippen LogP contribution in [0.4, 0.5) is 5.69 Å². The fourth-order valence-corrected chi connectivity index (χ4v) is 1.72. The van der Waals surface area contributed by atoms with Crippen molar-refractivity contribution in [3.05, 3.63) is 42.0 Å². The molecule has 0 heterocycles. The largest absolute Gasteiger partial charge is 0.386 e. The number of hydrazine groups is 1. The van der Waals surface area contributed by atoms with Crippen LogP contribution in [0.2, 0.25) is 0 Å². The molecule has 2 aromatic carbocycles. The molecule has 0 fully saturated rings. The number of nitrogens with zero attached hydrogens (tertiary/aromatic N) is 2. The molecule has 0 aliphatic rings. The maximum absolute atomic E-state index is 5.79. The number of anilines is 1. The molecule has 0 radical (unpaired) electrons. The van der Waals surface area contributed by atoms with Crippen LogP contribution in [0.15, 0.2) is 41.5 Å². The van der Waals surface area contributed by atoms with Crippen molar-refractivity contribution in [2.24, 2.45) is 16.7 Å². The molecule has 0 aliphatic heterocycles. The van der Waals surface area contributed by atoms with E-state index in [0.29, 0.717) is 5.84 Å². The van der Waals surface area contributed by atoms with Gasteiger partial charge in [-0.3, -0.25) is 0 Å². The first-order chi connectivity index (χ1) is 10.1. The lowest BCUT2D eigenvalue weighted by atomic mass is 10.1. The number of nitrogens with two attached hydrogens (primary N) is 2. The molecule has 0 saturated heterocycles. The van der Waals surface area contributed by atoms with Gasteiger partial charge in [0.15, 0.2) is 0 Å². The summed E-state index contributed by atoms with van der Waals surface area (Å²) in [5, 5.41) is 7.59. The van der Waals surface area contributed by atoms with E-state index in [1.54, 1.807) is 6.92 Å². The SMILES string of the molecule is C/C(N)=N/N(N)c1ccc2ccc(C)cc2c1.CC.CC. The molecule has 4 N–H and O–H groups in total. The van der Waals surface area contributed by atoms with E-state index in [1.165, 1.54) is 16.1 Å². The first kappa shape index (κ1) is 18.9. The Balaban J connectivity index is 0.000000921. The molecule has 116 valence electrons. The van der Waals surface area contributed by atoms with Crippen LogP contribution >= 0.6 is 0 Å². The Labute approximate surface area is 128 Å². The summed E-state index contributed by atoms with van der Waals surface area (Å²) in [6.45, 7) is 11.8. The van der Waals surface area contributed by atoms with Gasteiger partial charge >= 0.3 is 0 Å². The van der Waals surface area contributed by atoms with E-state index in [-0.39, 0.29) is 0 Å². The summed E-state index contributed by atoms with van der Waals surface area (Å²) in [5.41, 5.74) is 7.53. The second-order valence-electron chi connectivity index (χ2n) is 4.12. The van der Waals surface area contributed by atoms with Crippen molar-refractivity contribution in [2.45, 2.75) is 41.5 Å². The third-order valence-electron chi connectivity index (χ3n) is 2.51. The van der Waals surface area contributed by atoms with Gasteiger partial charge in [-0.1, -0.05) is 57.5 Å². The smallest absolute Gasteiger partial charge is 0.118 e. The van der Waals surface area contributed by atoms with E-state index in [9.17, 15) is 0 Å². The van der Waals surface area contributed by atoms with Gasteiger partial charge in [0.05, 0.1) is 5.69 Å². The quantitative estimate of drug-likeness (QED) is 0.377. The molecule has 4 nitrogen and oxygen atoms in total. The molecule has 2 rings (SSSR count). The summed E-state index contributed by atoms with van der Waals surface area (Å²) in [5.74, 6) is 6.22. The van der Waals surface area contributed by atoms with E-state index in [0.717, 1.165) is 11.1 Å². The molecular formula is C17H28N4. The van der Waals surface area contributed by atoms with Gasteiger partial charge < -0.3 is 5.73 Å². The number of fused-ring (bicyclic) bond motifs is 1. The molecule has 0 aliphatic carbocycles. The van der Waals surface area contributed by atoms with E-state index >= 15 is 0 Å². The average molecular weight is 288 g/mol. The van der Waals surface area contributed by atoms with Crippen LogP contribution in [0.3, 0.4) is 0 Å². The highest BCUT2D eigenvalue weighted by atomic mass is 15.6. The lowest BCUT2D eigenvalue weighted by molar-refractivity contribution is 0.922. The van der Waals surface area contributed by atoms with Gasteiger partial charge in [-0.15, -0.1) is 5.10 Å². The monoisotopic (exact) mass is 288 g/mol. The number of amidine groups is 1. The second-order valence-corrected chi connectivity index (χ2v) is 4.12. The van der Waals surface area contributed by atoms with Crippen molar-refractivity contribution in [3.8, 4) is 0 Å². The summed E-state index contributed by atoms with van der Waals surface area (Å²) in [4.78, 5) is 0. The second kappa shape index (κ2) is 9.77. The van der Waals surface area contributed by atoms with Crippen LogP contribution in [0.25, 0.3) is 10.8 Å². The van der Waals surface area contributed by atoms with Crippen molar-refractivity contribution in [1.82, 2.24) is 0 Å². The zero-order valence-corrected chi connectivity index (χ0v) is 14.0. The highest BCUT2D eigenvalue weighted by Crippen LogP contribution is 2.22. The summed E-state index contributed by atoms with van der Waals surface area (Å²) < 4.78 is 0. The van der Waals surface area contributed by atoms with E-state index < -0.39 is 0 Å². The maximum atomic E-state index is 5.79. The highest BCUT2D eigenvalue weighted by molar-refractivity contribution is 5.86. The predicted molar refractivity (Wildman–Crippen MR) is 95.3 cm³/mol. The van der Waals surface area contributed by atoms with Crippen molar-refractivity contribution in [2.75, 3.05) is 5.12 Å². The molecule has 21 heavy (non-hydrogen) atoms. The standard InChI is InChI=1S/C13H16N4.2C2H6/c1-9-3-4-11-5-6-13(8-12(11)7-9)17(15)16-10(2)14;2*1-2/h3-8H,15H2,1-2H3,(H2,14,16);2*1-2H3. The van der Waals surface area contributed by atoms with E-state index in [1.807, 2.05) is 45.9 Å². The van der Waals surface area contributed by atoms with Gasteiger partial charge in [0.2, 0.25) is 0 Å². The summed E-state index contributed by atoms with van der Waals surface area (Å²) >= 11 is 0. The average Bonchev–Trinajstić information content (AvgIpc) is 2.50. The third-order valence-corrected chi connectivity index (χ3v) is 2.51. The molecule has 0 aromatic heterocycles. The molecule has 2 aromatic rings.